The fourth-order valence-electron chi connectivity index (χ4n) is 4.63. The molecule has 1 heterocycles. The number of nitrogens with one attached hydrogen (secondary N) is 2. The topological polar surface area (TPSA) is 114 Å². The van der Waals surface area contributed by atoms with Crippen molar-refractivity contribution in [1.29, 1.82) is 0 Å². The Bertz CT molecular complexity index is 1300. The zero-order valence-corrected chi connectivity index (χ0v) is 21.0. The molecule has 2 N–H and O–H groups in total. The minimum Gasteiger partial charge on any atom is -0.872 e. The molecule has 0 aliphatic carbocycles. The molecular weight excluding hydrogens is 513 g/mol. The van der Waals surface area contributed by atoms with E-state index in [-0.39, 0.29) is 42.5 Å². The molecule has 206 valence electrons. The summed E-state index contributed by atoms with van der Waals surface area (Å²) in [7, 11) is 0. The summed E-state index contributed by atoms with van der Waals surface area (Å²) >= 11 is 0. The second-order valence-electron chi connectivity index (χ2n) is 9.60. The molecule has 0 bridgehead atoms. The first kappa shape index (κ1) is 28.0. The van der Waals surface area contributed by atoms with Crippen LogP contribution in [-0.4, -0.2) is 24.9 Å². The molecule has 0 spiro atoms. The highest BCUT2D eigenvalue weighted by molar-refractivity contribution is 5.96. The van der Waals surface area contributed by atoms with Crippen molar-refractivity contribution in [3.8, 4) is 11.5 Å². The zero-order chi connectivity index (χ0) is 28.0. The van der Waals surface area contributed by atoms with E-state index in [1.54, 1.807) is 24.3 Å². The van der Waals surface area contributed by atoms with E-state index in [0.717, 1.165) is 29.8 Å². The van der Waals surface area contributed by atoms with E-state index in [0.29, 0.717) is 31.6 Å². The van der Waals surface area contributed by atoms with Crippen LogP contribution in [0.4, 0.5) is 24.5 Å². The van der Waals surface area contributed by atoms with Crippen LogP contribution in [0.5, 0.6) is 11.5 Å². The standard InChI is InChI=1S/C29H29F3N2O5/c30-29(31,32)24-4-1-2-5-25(24)34-21-9-7-19(8-10-21)17-33-27(38)28(12-13-39-18-28)11-3-6-26(37)20-14-22(35)16-23(36)15-20/h1-2,4-5,7-10,14-16,34-36H,3,6,11-13,17-18H2,(H,33,38)/p-2/t28-/m1/s1. The van der Waals surface area contributed by atoms with Gasteiger partial charge in [0.15, 0.2) is 5.78 Å². The number of halogens is 3. The number of rotatable bonds is 10. The number of hydrogen-bond donors (Lipinski definition) is 2. The number of ketones is 1. The van der Waals surface area contributed by atoms with Crippen molar-refractivity contribution in [2.24, 2.45) is 5.41 Å². The van der Waals surface area contributed by atoms with Gasteiger partial charge in [0.05, 0.1) is 23.3 Å². The first-order valence-corrected chi connectivity index (χ1v) is 12.5. The average molecular weight is 541 g/mol. The van der Waals surface area contributed by atoms with E-state index in [4.69, 9.17) is 4.74 Å². The van der Waals surface area contributed by atoms with Crippen LogP contribution in [0.25, 0.3) is 0 Å². The van der Waals surface area contributed by atoms with Crippen molar-refractivity contribution < 1.29 is 37.7 Å². The van der Waals surface area contributed by atoms with Gasteiger partial charge in [-0.1, -0.05) is 42.5 Å². The predicted molar refractivity (Wildman–Crippen MR) is 134 cm³/mol. The van der Waals surface area contributed by atoms with E-state index < -0.39 is 28.7 Å². The molecule has 1 atom stereocenters. The van der Waals surface area contributed by atoms with Gasteiger partial charge in [-0.3, -0.25) is 9.59 Å². The molecule has 3 aromatic rings. The van der Waals surface area contributed by atoms with Crippen molar-refractivity contribution in [2.45, 2.75) is 38.4 Å². The molecule has 1 aliphatic heterocycles. The third-order valence-electron chi connectivity index (χ3n) is 6.76. The van der Waals surface area contributed by atoms with Crippen LogP contribution in [0, 0.1) is 5.41 Å². The zero-order valence-electron chi connectivity index (χ0n) is 21.0. The molecule has 1 fully saturated rings. The number of alkyl halides is 3. The summed E-state index contributed by atoms with van der Waals surface area (Å²) in [5, 5.41) is 28.7. The lowest BCUT2D eigenvalue weighted by Crippen LogP contribution is -2.41. The van der Waals surface area contributed by atoms with E-state index in [9.17, 15) is 33.0 Å². The molecule has 1 amide bonds. The SMILES string of the molecule is O=C(CCC[C@@]1(C(=O)NCc2ccc(Nc3ccccc3C(F)(F)F)cc2)CCOC1)c1cc([O-])cc([O-])c1. The minimum absolute atomic E-state index is 0.0538. The van der Waals surface area contributed by atoms with Crippen molar-refractivity contribution in [2.75, 3.05) is 18.5 Å². The monoisotopic (exact) mass is 540 g/mol. The Balaban J connectivity index is 1.32. The Labute approximate surface area is 223 Å². The predicted octanol–water partition coefficient (Wildman–Crippen LogP) is 4.67. The largest absolute Gasteiger partial charge is 0.872 e. The first-order chi connectivity index (χ1) is 18.6. The van der Waals surface area contributed by atoms with Crippen molar-refractivity contribution in [1.82, 2.24) is 5.32 Å². The Morgan fingerprint density at radius 3 is 2.31 bits per heavy atom. The number of para-hydroxylation sites is 1. The molecule has 4 rings (SSSR count). The summed E-state index contributed by atoms with van der Waals surface area (Å²) in [5.41, 5.74) is -0.309. The summed E-state index contributed by atoms with van der Waals surface area (Å²) in [5.74, 6) is -1.57. The number of benzene rings is 3. The number of anilines is 2. The van der Waals surface area contributed by atoms with Gasteiger partial charge in [0.1, 0.15) is 0 Å². The van der Waals surface area contributed by atoms with Crippen LogP contribution in [0.2, 0.25) is 0 Å². The molecule has 0 saturated carbocycles. The molecule has 7 nitrogen and oxygen atoms in total. The van der Waals surface area contributed by atoms with Crippen LogP contribution in [0.3, 0.4) is 0 Å². The van der Waals surface area contributed by atoms with Crippen LogP contribution < -0.4 is 20.8 Å². The fraction of sp³-hybridized carbons (Fsp3) is 0.310. The minimum atomic E-state index is -4.48. The van der Waals surface area contributed by atoms with Crippen LogP contribution in [-0.2, 0) is 22.3 Å². The average Bonchev–Trinajstić information content (AvgIpc) is 3.37. The van der Waals surface area contributed by atoms with Gasteiger partial charge in [-0.2, -0.15) is 13.2 Å². The Kier molecular flexibility index (Phi) is 8.44. The van der Waals surface area contributed by atoms with E-state index in [1.165, 1.54) is 18.2 Å². The number of carbonyl (C=O) groups is 2. The molecule has 1 saturated heterocycles. The second-order valence-corrected chi connectivity index (χ2v) is 9.60. The highest BCUT2D eigenvalue weighted by Crippen LogP contribution is 2.36. The number of carbonyl (C=O) groups excluding carboxylic acids is 2. The third-order valence-corrected chi connectivity index (χ3v) is 6.76. The van der Waals surface area contributed by atoms with Gasteiger partial charge in [0.2, 0.25) is 5.91 Å². The lowest BCUT2D eigenvalue weighted by atomic mass is 9.80. The van der Waals surface area contributed by atoms with Crippen LogP contribution in [0.1, 0.15) is 47.2 Å². The molecule has 0 aromatic heterocycles. The quantitative estimate of drug-likeness (QED) is 0.361. The van der Waals surface area contributed by atoms with Crippen molar-refractivity contribution in [3.05, 3.63) is 83.4 Å². The summed E-state index contributed by atoms with van der Waals surface area (Å²) in [6.07, 6.45) is -3.12. The lowest BCUT2D eigenvalue weighted by Gasteiger charge is -2.26. The van der Waals surface area contributed by atoms with Crippen LogP contribution in [0.15, 0.2) is 66.7 Å². The van der Waals surface area contributed by atoms with Gasteiger partial charge in [-0.15, -0.1) is 11.5 Å². The molecule has 3 aromatic carbocycles. The fourth-order valence-corrected chi connectivity index (χ4v) is 4.63. The highest BCUT2D eigenvalue weighted by Gasteiger charge is 2.41. The Morgan fingerprint density at radius 2 is 1.67 bits per heavy atom. The van der Waals surface area contributed by atoms with Gasteiger partial charge < -0.3 is 25.6 Å². The maximum atomic E-state index is 13.2. The maximum absolute atomic E-state index is 13.2. The number of amides is 1. The van der Waals surface area contributed by atoms with Gasteiger partial charge in [0, 0.05) is 30.8 Å². The van der Waals surface area contributed by atoms with E-state index >= 15 is 0 Å². The highest BCUT2D eigenvalue weighted by atomic mass is 19.4. The molecule has 0 radical (unpaired) electrons. The summed E-state index contributed by atoms with van der Waals surface area (Å²) in [6, 6.07) is 15.1. The van der Waals surface area contributed by atoms with E-state index in [2.05, 4.69) is 10.6 Å². The first-order valence-electron chi connectivity index (χ1n) is 12.5. The summed E-state index contributed by atoms with van der Waals surface area (Å²) in [6.45, 7) is 0.843. The number of ether oxygens (including phenoxy) is 1. The number of hydrogen-bond acceptors (Lipinski definition) is 6. The number of Topliss-reactive ketones (excluding diaryl/α,β-unsaturated/α-hetero) is 1. The van der Waals surface area contributed by atoms with Crippen molar-refractivity contribution in [3.63, 3.8) is 0 Å². The van der Waals surface area contributed by atoms with Crippen LogP contribution >= 0.6 is 0 Å². The normalized spacial score (nSPS) is 17.1. The maximum Gasteiger partial charge on any atom is 0.418 e. The molecule has 0 unspecified atom stereocenters. The molecule has 39 heavy (non-hydrogen) atoms. The smallest absolute Gasteiger partial charge is 0.418 e. The van der Waals surface area contributed by atoms with Gasteiger partial charge in [0.25, 0.3) is 0 Å². The third kappa shape index (κ3) is 7.08. The van der Waals surface area contributed by atoms with Gasteiger partial charge in [-0.05, 0) is 49.1 Å². The summed E-state index contributed by atoms with van der Waals surface area (Å²) < 4.78 is 45.2. The molecule has 1 aliphatic rings. The van der Waals surface area contributed by atoms with Crippen molar-refractivity contribution >= 4 is 23.1 Å². The Morgan fingerprint density at radius 1 is 0.974 bits per heavy atom. The second kappa shape index (κ2) is 11.8. The molecular formula is C29H27F3N2O5-2. The lowest BCUT2D eigenvalue weighted by molar-refractivity contribution is -0.280. The summed E-state index contributed by atoms with van der Waals surface area (Å²) in [4.78, 5) is 25.6. The van der Waals surface area contributed by atoms with E-state index in [1.807, 2.05) is 0 Å². The Hall–Kier alpha value is -4.05. The van der Waals surface area contributed by atoms with Gasteiger partial charge in [-0.25, -0.2) is 0 Å². The molecule has 10 heteroatoms. The van der Waals surface area contributed by atoms with Gasteiger partial charge >= 0.3 is 6.18 Å².